The fraction of sp³-hybridized carbons (Fsp3) is 0.333. The van der Waals surface area contributed by atoms with Gasteiger partial charge >= 0.3 is 5.69 Å². The molecule has 1 aromatic carbocycles. The van der Waals surface area contributed by atoms with Gasteiger partial charge in [0.25, 0.3) is 5.91 Å². The molecule has 8 nitrogen and oxygen atoms in total. The zero-order valence-electron chi connectivity index (χ0n) is 12.5. The maximum Gasteiger partial charge on any atom is 0.320 e. The molecule has 1 aliphatic rings. The lowest BCUT2D eigenvalue weighted by atomic mass is 9.92. The van der Waals surface area contributed by atoms with E-state index in [2.05, 4.69) is 5.10 Å². The molecule has 1 N–H and O–H groups in total. The number of benzene rings is 1. The first-order valence-electron chi connectivity index (χ1n) is 7.20. The summed E-state index contributed by atoms with van der Waals surface area (Å²) in [6, 6.07) is 7.08. The molecule has 0 bridgehead atoms. The summed E-state index contributed by atoms with van der Waals surface area (Å²) in [6.45, 7) is 0.151. The molecule has 0 fully saturated rings. The first-order chi connectivity index (χ1) is 11.0. The van der Waals surface area contributed by atoms with Crippen LogP contribution in [0.25, 0.3) is 0 Å². The lowest BCUT2D eigenvalue weighted by Gasteiger charge is -2.36. The van der Waals surface area contributed by atoms with E-state index in [1.54, 1.807) is 0 Å². The van der Waals surface area contributed by atoms with Crippen molar-refractivity contribution in [1.29, 1.82) is 0 Å². The maximum atomic E-state index is 12.8. The minimum absolute atomic E-state index is 0.0761. The van der Waals surface area contributed by atoms with Crippen molar-refractivity contribution in [3.63, 3.8) is 0 Å². The first-order valence-corrected chi connectivity index (χ1v) is 7.20. The topological polar surface area (TPSA) is 102 Å². The maximum absolute atomic E-state index is 12.8. The van der Waals surface area contributed by atoms with Gasteiger partial charge in [0.15, 0.2) is 0 Å². The molecule has 3 rings (SSSR count). The summed E-state index contributed by atoms with van der Waals surface area (Å²) in [5.74, 6) is -0.495. The van der Waals surface area contributed by atoms with Crippen molar-refractivity contribution in [3.05, 3.63) is 57.4 Å². The molecular weight excluding hydrogens is 300 g/mol. The van der Waals surface area contributed by atoms with Crippen LogP contribution in [0.2, 0.25) is 0 Å². The Balaban J connectivity index is 2.01. The number of aliphatic hydroxyl groups excluding tert-OH is 1. The van der Waals surface area contributed by atoms with Crippen LogP contribution in [0.5, 0.6) is 0 Å². The zero-order valence-corrected chi connectivity index (χ0v) is 12.5. The van der Waals surface area contributed by atoms with Crippen LogP contribution in [-0.4, -0.2) is 43.8 Å². The van der Waals surface area contributed by atoms with Gasteiger partial charge in [0.05, 0.1) is 17.6 Å². The van der Waals surface area contributed by atoms with E-state index in [1.165, 1.54) is 16.6 Å². The van der Waals surface area contributed by atoms with Crippen LogP contribution in [0.4, 0.5) is 5.69 Å². The number of nitrogens with zero attached hydrogens (tertiary/aromatic N) is 4. The predicted octanol–water partition coefficient (Wildman–Crippen LogP) is 1.06. The highest BCUT2D eigenvalue weighted by Crippen LogP contribution is 2.31. The number of aliphatic hydroxyl groups is 1. The lowest BCUT2D eigenvalue weighted by molar-refractivity contribution is -0.385. The number of aromatic nitrogens is 2. The normalized spacial score (nSPS) is 17.0. The second-order valence-electron chi connectivity index (χ2n) is 5.40. The highest BCUT2D eigenvalue weighted by molar-refractivity contribution is 5.96. The number of hydrogen-bond acceptors (Lipinski definition) is 5. The molecule has 0 spiro atoms. The fourth-order valence-corrected chi connectivity index (χ4v) is 3.04. The lowest BCUT2D eigenvalue weighted by Crippen LogP contribution is -2.42. The second-order valence-corrected chi connectivity index (χ2v) is 5.40. The SMILES string of the molecule is Cn1ncc([N+](=O)[O-])c1C(=O)N1CCc2ccccc2[C@H]1CO. The quantitative estimate of drug-likeness (QED) is 0.674. The second kappa shape index (κ2) is 5.81. The molecule has 0 saturated heterocycles. The van der Waals surface area contributed by atoms with Gasteiger partial charge in [-0.15, -0.1) is 0 Å². The minimum atomic E-state index is -0.619. The summed E-state index contributed by atoms with van der Waals surface area (Å²) in [4.78, 5) is 24.8. The number of nitro groups is 1. The molecule has 120 valence electrons. The molecule has 1 amide bonds. The van der Waals surface area contributed by atoms with E-state index in [0.29, 0.717) is 13.0 Å². The van der Waals surface area contributed by atoms with Crippen molar-refractivity contribution in [2.24, 2.45) is 7.05 Å². The summed E-state index contributed by atoms with van der Waals surface area (Å²) in [5, 5.41) is 24.7. The number of hydrogen-bond donors (Lipinski definition) is 1. The highest BCUT2D eigenvalue weighted by atomic mass is 16.6. The summed E-state index contributed by atoms with van der Waals surface area (Å²) < 4.78 is 1.20. The van der Waals surface area contributed by atoms with E-state index >= 15 is 0 Å². The Morgan fingerprint density at radius 1 is 1.48 bits per heavy atom. The van der Waals surface area contributed by atoms with Gasteiger partial charge in [0.2, 0.25) is 5.69 Å². The minimum Gasteiger partial charge on any atom is -0.394 e. The van der Waals surface area contributed by atoms with Crippen molar-refractivity contribution in [2.45, 2.75) is 12.5 Å². The molecule has 0 saturated carbocycles. The van der Waals surface area contributed by atoms with E-state index in [9.17, 15) is 20.0 Å². The number of carbonyl (C=O) groups excluding carboxylic acids is 1. The van der Waals surface area contributed by atoms with Gasteiger partial charge in [0.1, 0.15) is 6.20 Å². The van der Waals surface area contributed by atoms with E-state index < -0.39 is 16.9 Å². The number of fused-ring (bicyclic) bond motifs is 1. The van der Waals surface area contributed by atoms with Gasteiger partial charge < -0.3 is 10.0 Å². The van der Waals surface area contributed by atoms with Crippen molar-refractivity contribution >= 4 is 11.6 Å². The predicted molar refractivity (Wildman–Crippen MR) is 80.9 cm³/mol. The first kappa shape index (κ1) is 15.2. The molecular formula is C15H16N4O4. The van der Waals surface area contributed by atoms with Gasteiger partial charge in [0, 0.05) is 13.6 Å². The van der Waals surface area contributed by atoms with Crippen molar-refractivity contribution in [3.8, 4) is 0 Å². The van der Waals surface area contributed by atoms with Crippen LogP contribution in [-0.2, 0) is 13.5 Å². The average Bonchev–Trinajstić information content (AvgIpc) is 2.95. The zero-order chi connectivity index (χ0) is 16.6. The van der Waals surface area contributed by atoms with Crippen molar-refractivity contribution in [2.75, 3.05) is 13.2 Å². The number of aryl methyl sites for hydroxylation is 1. The highest BCUT2D eigenvalue weighted by Gasteiger charge is 2.35. The molecule has 23 heavy (non-hydrogen) atoms. The largest absolute Gasteiger partial charge is 0.394 e. The molecule has 1 aromatic heterocycles. The summed E-state index contributed by atoms with van der Waals surface area (Å²) in [7, 11) is 1.49. The Morgan fingerprint density at radius 2 is 2.22 bits per heavy atom. The molecule has 0 aliphatic carbocycles. The van der Waals surface area contributed by atoms with Crippen molar-refractivity contribution in [1.82, 2.24) is 14.7 Å². The third-order valence-electron chi connectivity index (χ3n) is 4.16. The van der Waals surface area contributed by atoms with Crippen LogP contribution < -0.4 is 0 Å². The smallest absolute Gasteiger partial charge is 0.320 e. The Kier molecular flexibility index (Phi) is 3.83. The molecule has 8 heteroatoms. The van der Waals surface area contributed by atoms with Gasteiger partial charge in [-0.05, 0) is 17.5 Å². The van der Waals surface area contributed by atoms with Gasteiger partial charge in [-0.1, -0.05) is 24.3 Å². The summed E-state index contributed by atoms with van der Waals surface area (Å²) >= 11 is 0. The number of amides is 1. The standard InChI is InChI=1S/C15H16N4O4/c1-17-14(12(8-16-17)19(22)23)15(21)18-7-6-10-4-2-3-5-11(10)13(18)9-20/h2-5,8,13,20H,6-7,9H2,1H3/t13-/m1/s1. The average molecular weight is 316 g/mol. The molecule has 2 aromatic rings. The molecule has 1 aliphatic heterocycles. The molecule has 0 radical (unpaired) electrons. The third kappa shape index (κ3) is 2.46. The Hall–Kier alpha value is -2.74. The Morgan fingerprint density at radius 3 is 2.91 bits per heavy atom. The third-order valence-corrected chi connectivity index (χ3v) is 4.16. The number of rotatable bonds is 3. The molecule has 2 heterocycles. The van der Waals surface area contributed by atoms with Crippen LogP contribution in [0, 0.1) is 10.1 Å². The van der Waals surface area contributed by atoms with Gasteiger partial charge in [-0.2, -0.15) is 5.10 Å². The number of carbonyl (C=O) groups is 1. The van der Waals surface area contributed by atoms with Crippen LogP contribution in [0.1, 0.15) is 27.7 Å². The van der Waals surface area contributed by atoms with E-state index in [4.69, 9.17) is 0 Å². The fourth-order valence-electron chi connectivity index (χ4n) is 3.04. The van der Waals surface area contributed by atoms with Crippen molar-refractivity contribution < 1.29 is 14.8 Å². The van der Waals surface area contributed by atoms with Gasteiger partial charge in [-0.3, -0.25) is 19.6 Å². The van der Waals surface area contributed by atoms with Crippen LogP contribution >= 0.6 is 0 Å². The monoisotopic (exact) mass is 316 g/mol. The molecule has 1 atom stereocenters. The summed E-state index contributed by atoms with van der Waals surface area (Å²) in [5.41, 5.74) is 1.55. The van der Waals surface area contributed by atoms with E-state index in [0.717, 1.165) is 17.3 Å². The Bertz CT molecular complexity index is 771. The van der Waals surface area contributed by atoms with E-state index in [1.807, 2.05) is 24.3 Å². The van der Waals surface area contributed by atoms with E-state index in [-0.39, 0.29) is 18.0 Å². The van der Waals surface area contributed by atoms with Crippen LogP contribution in [0.3, 0.4) is 0 Å². The van der Waals surface area contributed by atoms with Gasteiger partial charge in [-0.25, -0.2) is 0 Å². The Labute approximate surface area is 132 Å². The molecule has 0 unspecified atom stereocenters. The van der Waals surface area contributed by atoms with Crippen LogP contribution in [0.15, 0.2) is 30.5 Å². The summed E-state index contributed by atoms with van der Waals surface area (Å²) in [6.07, 6.45) is 1.71.